The van der Waals surface area contributed by atoms with Crippen LogP contribution in [-0.4, -0.2) is 21.2 Å². The number of hydrogen-bond donors (Lipinski definition) is 1. The number of nitrogens with one attached hydrogen (secondary N) is 1. The van der Waals surface area contributed by atoms with Crippen LogP contribution in [0.25, 0.3) is 16.9 Å². The van der Waals surface area contributed by atoms with Crippen molar-refractivity contribution in [3.8, 4) is 16.9 Å². The van der Waals surface area contributed by atoms with Crippen molar-refractivity contribution in [3.63, 3.8) is 0 Å². The van der Waals surface area contributed by atoms with Crippen LogP contribution in [0, 0.1) is 10.1 Å². The van der Waals surface area contributed by atoms with E-state index in [9.17, 15) is 10.1 Å². The molecule has 8 heteroatoms. The average molecular weight is 403 g/mol. The van der Waals surface area contributed by atoms with Crippen LogP contribution in [0.1, 0.15) is 18.4 Å². The van der Waals surface area contributed by atoms with E-state index >= 15 is 0 Å². The highest BCUT2D eigenvalue weighted by Crippen LogP contribution is 2.37. The van der Waals surface area contributed by atoms with Gasteiger partial charge in [-0.15, -0.1) is 0 Å². The average Bonchev–Trinajstić information content (AvgIpc) is 2.85. The summed E-state index contributed by atoms with van der Waals surface area (Å²) in [5.41, 5.74) is 3.07. The van der Waals surface area contributed by atoms with Crippen LogP contribution in [0.5, 0.6) is 0 Å². The van der Waals surface area contributed by atoms with Crippen LogP contribution >= 0.6 is 23.2 Å². The number of benzene rings is 2. The molecule has 0 atom stereocenters. The molecule has 2 heterocycles. The lowest BCUT2D eigenvalue weighted by molar-refractivity contribution is -0.384. The van der Waals surface area contributed by atoms with E-state index < -0.39 is 0 Å². The van der Waals surface area contributed by atoms with Crippen molar-refractivity contribution < 1.29 is 4.92 Å². The second-order valence-electron chi connectivity index (χ2n) is 6.35. The van der Waals surface area contributed by atoms with Gasteiger partial charge in [-0.3, -0.25) is 10.1 Å². The van der Waals surface area contributed by atoms with Crippen molar-refractivity contribution >= 4 is 34.7 Å². The summed E-state index contributed by atoms with van der Waals surface area (Å²) in [4.78, 5) is 11.1. The standard InChI is InChI=1S/C19H16Cl2N4O2/c20-14-9-8-12(11-15(14)21)18-13-5-3-4-10-22-19(13)24(23-18)16-6-1-2-7-17(16)25(26)27/h1-2,6-9,11,22H,3-5,10H2. The summed E-state index contributed by atoms with van der Waals surface area (Å²) in [6, 6.07) is 12.0. The van der Waals surface area contributed by atoms with E-state index in [1.165, 1.54) is 6.07 Å². The fourth-order valence-corrected chi connectivity index (χ4v) is 3.65. The molecule has 1 N–H and O–H groups in total. The second-order valence-corrected chi connectivity index (χ2v) is 7.16. The molecule has 0 spiro atoms. The van der Waals surface area contributed by atoms with E-state index in [0.29, 0.717) is 15.7 Å². The summed E-state index contributed by atoms with van der Waals surface area (Å²) in [5.74, 6) is 0.794. The van der Waals surface area contributed by atoms with Crippen molar-refractivity contribution in [2.24, 2.45) is 0 Å². The van der Waals surface area contributed by atoms with Gasteiger partial charge in [0.2, 0.25) is 0 Å². The maximum Gasteiger partial charge on any atom is 0.294 e. The molecule has 0 unspecified atom stereocenters. The third-order valence-electron chi connectivity index (χ3n) is 4.63. The quantitative estimate of drug-likeness (QED) is 0.463. The molecule has 27 heavy (non-hydrogen) atoms. The van der Waals surface area contributed by atoms with Crippen molar-refractivity contribution in [2.75, 3.05) is 11.9 Å². The molecule has 0 bridgehead atoms. The zero-order valence-corrected chi connectivity index (χ0v) is 15.8. The van der Waals surface area contributed by atoms with E-state index in [1.807, 2.05) is 6.07 Å². The number of nitro benzene ring substituents is 1. The first-order valence-corrected chi connectivity index (χ1v) is 9.37. The molecule has 0 fully saturated rings. The van der Waals surface area contributed by atoms with Crippen LogP contribution in [0.4, 0.5) is 11.5 Å². The van der Waals surface area contributed by atoms with Crippen LogP contribution in [0.2, 0.25) is 10.0 Å². The first kappa shape index (κ1) is 17.8. The lowest BCUT2D eigenvalue weighted by atomic mass is 10.0. The lowest BCUT2D eigenvalue weighted by Crippen LogP contribution is -2.08. The van der Waals surface area contributed by atoms with Crippen molar-refractivity contribution in [2.45, 2.75) is 19.3 Å². The van der Waals surface area contributed by atoms with Crippen molar-refractivity contribution in [3.05, 3.63) is 68.2 Å². The van der Waals surface area contributed by atoms with E-state index in [-0.39, 0.29) is 10.6 Å². The Kier molecular flexibility index (Phi) is 4.76. The number of aromatic nitrogens is 2. The number of nitro groups is 1. The molecule has 1 aliphatic rings. The molecule has 0 amide bonds. The Morgan fingerprint density at radius 3 is 2.70 bits per heavy atom. The number of hydrogen-bond acceptors (Lipinski definition) is 4. The number of nitrogens with zero attached hydrogens (tertiary/aromatic N) is 3. The Balaban J connectivity index is 1.95. The van der Waals surface area contributed by atoms with Gasteiger partial charge in [0.1, 0.15) is 11.5 Å². The highest BCUT2D eigenvalue weighted by atomic mass is 35.5. The predicted molar refractivity (Wildman–Crippen MR) is 107 cm³/mol. The third-order valence-corrected chi connectivity index (χ3v) is 5.37. The molecular weight excluding hydrogens is 387 g/mol. The Bertz CT molecular complexity index is 1030. The SMILES string of the molecule is O=[N+]([O-])c1ccccc1-n1nc(-c2ccc(Cl)c(Cl)c2)c2c1NCCCC2. The Morgan fingerprint density at radius 1 is 1.11 bits per heavy atom. The van der Waals surface area contributed by atoms with Gasteiger partial charge >= 0.3 is 0 Å². The molecule has 1 aliphatic heterocycles. The maximum atomic E-state index is 11.5. The predicted octanol–water partition coefficient (Wildman–Crippen LogP) is 5.50. The number of para-hydroxylation sites is 2. The normalized spacial score (nSPS) is 13.6. The van der Waals surface area contributed by atoms with E-state index in [4.69, 9.17) is 28.3 Å². The van der Waals surface area contributed by atoms with Gasteiger partial charge in [0.25, 0.3) is 5.69 Å². The van der Waals surface area contributed by atoms with E-state index in [1.54, 1.807) is 35.0 Å². The fraction of sp³-hybridized carbons (Fsp3) is 0.211. The fourth-order valence-electron chi connectivity index (χ4n) is 3.35. The molecule has 0 aliphatic carbocycles. The van der Waals surface area contributed by atoms with Crippen LogP contribution in [0.3, 0.4) is 0 Å². The van der Waals surface area contributed by atoms with Gasteiger partial charge < -0.3 is 5.32 Å². The van der Waals surface area contributed by atoms with Gasteiger partial charge in [0.05, 0.1) is 20.7 Å². The van der Waals surface area contributed by atoms with Crippen LogP contribution < -0.4 is 5.32 Å². The molecule has 0 radical (unpaired) electrons. The van der Waals surface area contributed by atoms with Gasteiger partial charge in [-0.1, -0.05) is 41.4 Å². The molecule has 4 rings (SSSR count). The molecule has 0 saturated carbocycles. The van der Waals surface area contributed by atoms with Crippen LogP contribution in [0.15, 0.2) is 42.5 Å². The van der Waals surface area contributed by atoms with Crippen molar-refractivity contribution in [1.29, 1.82) is 0 Å². The molecule has 0 saturated heterocycles. The molecule has 138 valence electrons. The monoisotopic (exact) mass is 402 g/mol. The zero-order valence-electron chi connectivity index (χ0n) is 14.3. The molecule has 3 aromatic rings. The van der Waals surface area contributed by atoms with Gasteiger partial charge in [0, 0.05) is 23.7 Å². The Morgan fingerprint density at radius 2 is 1.93 bits per heavy atom. The summed E-state index contributed by atoms with van der Waals surface area (Å²) in [7, 11) is 0. The number of halogens is 2. The first-order chi connectivity index (χ1) is 13.1. The van der Waals surface area contributed by atoms with E-state index in [2.05, 4.69) is 5.32 Å². The smallest absolute Gasteiger partial charge is 0.294 e. The summed E-state index contributed by atoms with van der Waals surface area (Å²) in [5, 5.41) is 20.6. The van der Waals surface area contributed by atoms with E-state index in [0.717, 1.165) is 48.4 Å². The second kappa shape index (κ2) is 7.21. The first-order valence-electron chi connectivity index (χ1n) is 8.61. The summed E-state index contributed by atoms with van der Waals surface area (Å²) < 4.78 is 1.64. The zero-order chi connectivity index (χ0) is 19.0. The number of fused-ring (bicyclic) bond motifs is 1. The van der Waals surface area contributed by atoms with Gasteiger partial charge in [-0.2, -0.15) is 5.10 Å². The lowest BCUT2D eigenvalue weighted by Gasteiger charge is -2.09. The summed E-state index contributed by atoms with van der Waals surface area (Å²) in [6.45, 7) is 0.792. The molecule has 1 aromatic heterocycles. The third kappa shape index (κ3) is 3.26. The Labute approximate surface area is 165 Å². The van der Waals surface area contributed by atoms with Gasteiger partial charge in [0.15, 0.2) is 0 Å². The minimum atomic E-state index is -0.390. The van der Waals surface area contributed by atoms with Gasteiger partial charge in [-0.05, 0) is 37.5 Å². The number of anilines is 1. The van der Waals surface area contributed by atoms with Crippen molar-refractivity contribution in [1.82, 2.24) is 9.78 Å². The maximum absolute atomic E-state index is 11.5. The summed E-state index contributed by atoms with van der Waals surface area (Å²) >= 11 is 12.2. The van der Waals surface area contributed by atoms with Crippen LogP contribution in [-0.2, 0) is 6.42 Å². The largest absolute Gasteiger partial charge is 0.370 e. The van der Waals surface area contributed by atoms with Gasteiger partial charge in [-0.25, -0.2) is 4.68 Å². The topological polar surface area (TPSA) is 73.0 Å². The highest BCUT2D eigenvalue weighted by Gasteiger charge is 2.25. The molecular formula is C19H16Cl2N4O2. The summed E-state index contributed by atoms with van der Waals surface area (Å²) in [6.07, 6.45) is 2.86. The molecule has 2 aromatic carbocycles. The highest BCUT2D eigenvalue weighted by molar-refractivity contribution is 6.42. The molecule has 6 nitrogen and oxygen atoms in total. The minimum Gasteiger partial charge on any atom is -0.370 e. The number of rotatable bonds is 3. The minimum absolute atomic E-state index is 0.00883. The Hall–Kier alpha value is -2.57.